The maximum absolute atomic E-state index is 12.3. The second-order valence-corrected chi connectivity index (χ2v) is 7.37. The highest BCUT2D eigenvalue weighted by Gasteiger charge is 2.53. The fourth-order valence-electron chi connectivity index (χ4n) is 3.59. The van der Waals surface area contributed by atoms with Crippen LogP contribution in [0.4, 0.5) is 0 Å². The van der Waals surface area contributed by atoms with Crippen molar-refractivity contribution in [3.05, 3.63) is 0 Å². The van der Waals surface area contributed by atoms with Crippen molar-refractivity contribution >= 4 is 23.1 Å². The Hall–Kier alpha value is -0.640. The minimum Gasteiger partial charge on any atom is -0.392 e. The molecule has 1 amide bonds. The Morgan fingerprint density at radius 1 is 1.26 bits per heavy atom. The first-order valence-corrected chi connectivity index (χ1v) is 7.89. The molecule has 0 spiro atoms. The Bertz CT molecular complexity index is 368. The van der Waals surface area contributed by atoms with Crippen LogP contribution in [0.25, 0.3) is 0 Å². The summed E-state index contributed by atoms with van der Waals surface area (Å²) in [5.41, 5.74) is 5.51. The van der Waals surface area contributed by atoms with Crippen LogP contribution in [0, 0.1) is 16.7 Å². The van der Waals surface area contributed by atoms with E-state index in [1.165, 1.54) is 32.1 Å². The molecule has 0 aromatic rings. The number of nitrogens with one attached hydrogen (secondary N) is 1. The SMILES string of the molecule is CC(C)CC1(CNC(=O)C2(C(N)=S)CC2)CCCC1. The topological polar surface area (TPSA) is 55.1 Å². The maximum Gasteiger partial charge on any atom is 0.233 e. The minimum absolute atomic E-state index is 0.0648. The van der Waals surface area contributed by atoms with Crippen LogP contribution in [0.3, 0.4) is 0 Å². The van der Waals surface area contributed by atoms with Crippen LogP contribution < -0.4 is 11.1 Å². The second-order valence-electron chi connectivity index (χ2n) is 6.93. The van der Waals surface area contributed by atoms with Gasteiger partial charge in [0.15, 0.2) is 0 Å². The van der Waals surface area contributed by atoms with Crippen LogP contribution in [0.2, 0.25) is 0 Å². The van der Waals surface area contributed by atoms with E-state index in [9.17, 15) is 4.79 Å². The zero-order chi connectivity index (χ0) is 14.1. The van der Waals surface area contributed by atoms with Crippen LogP contribution in [-0.4, -0.2) is 17.4 Å². The van der Waals surface area contributed by atoms with Crippen LogP contribution >= 0.6 is 12.2 Å². The highest BCUT2D eigenvalue weighted by Crippen LogP contribution is 2.47. The van der Waals surface area contributed by atoms with E-state index in [-0.39, 0.29) is 5.91 Å². The molecule has 0 unspecified atom stereocenters. The average molecular weight is 282 g/mol. The van der Waals surface area contributed by atoms with E-state index < -0.39 is 5.41 Å². The molecule has 0 aromatic carbocycles. The molecule has 0 aliphatic heterocycles. The van der Waals surface area contributed by atoms with Gasteiger partial charge in [-0.1, -0.05) is 38.9 Å². The van der Waals surface area contributed by atoms with Gasteiger partial charge in [0.2, 0.25) is 5.91 Å². The number of hydrogen-bond acceptors (Lipinski definition) is 2. The Morgan fingerprint density at radius 2 is 1.84 bits per heavy atom. The van der Waals surface area contributed by atoms with Crippen LogP contribution in [0.15, 0.2) is 0 Å². The third-order valence-corrected chi connectivity index (χ3v) is 5.18. The molecule has 0 radical (unpaired) electrons. The van der Waals surface area contributed by atoms with Gasteiger partial charge >= 0.3 is 0 Å². The Morgan fingerprint density at radius 3 is 2.26 bits per heavy atom. The van der Waals surface area contributed by atoms with Gasteiger partial charge in [0, 0.05) is 6.54 Å². The molecular formula is C15H26N2OS. The van der Waals surface area contributed by atoms with Crippen LogP contribution in [-0.2, 0) is 4.79 Å². The smallest absolute Gasteiger partial charge is 0.233 e. The summed E-state index contributed by atoms with van der Waals surface area (Å²) in [6, 6.07) is 0. The number of rotatable bonds is 6. The van der Waals surface area contributed by atoms with Gasteiger partial charge < -0.3 is 11.1 Å². The van der Waals surface area contributed by atoms with Crippen molar-refractivity contribution in [2.45, 2.75) is 58.8 Å². The number of carbonyl (C=O) groups excluding carboxylic acids is 1. The summed E-state index contributed by atoms with van der Waals surface area (Å²) in [4.78, 5) is 12.6. The lowest BCUT2D eigenvalue weighted by Crippen LogP contribution is -2.44. The summed E-state index contributed by atoms with van der Waals surface area (Å²) in [7, 11) is 0. The number of nitrogens with two attached hydrogens (primary N) is 1. The molecular weight excluding hydrogens is 256 g/mol. The lowest BCUT2D eigenvalue weighted by molar-refractivity contribution is -0.124. The summed E-state index contributed by atoms with van der Waals surface area (Å²) in [5, 5.41) is 3.15. The van der Waals surface area contributed by atoms with E-state index in [1.54, 1.807) is 0 Å². The molecule has 108 valence electrons. The van der Waals surface area contributed by atoms with Crippen molar-refractivity contribution in [1.82, 2.24) is 5.32 Å². The monoisotopic (exact) mass is 282 g/mol. The molecule has 0 bridgehead atoms. The standard InChI is InChI=1S/C15H26N2OS/c1-11(2)9-14(5-3-4-6-14)10-17-13(18)15(7-8-15)12(16)19/h11H,3-10H2,1-2H3,(H2,16,19)(H,17,18). The molecule has 2 rings (SSSR count). The maximum atomic E-state index is 12.3. The fraction of sp³-hybridized carbons (Fsp3) is 0.867. The predicted octanol–water partition coefficient (Wildman–Crippen LogP) is 2.78. The van der Waals surface area contributed by atoms with Crippen molar-refractivity contribution in [3.63, 3.8) is 0 Å². The van der Waals surface area contributed by atoms with Gasteiger partial charge in [-0.2, -0.15) is 0 Å². The molecule has 0 heterocycles. The zero-order valence-electron chi connectivity index (χ0n) is 12.1. The lowest BCUT2D eigenvalue weighted by atomic mass is 9.78. The summed E-state index contributed by atoms with van der Waals surface area (Å²) in [6.07, 6.45) is 7.92. The van der Waals surface area contributed by atoms with Crippen molar-refractivity contribution in [2.24, 2.45) is 22.5 Å². The van der Waals surface area contributed by atoms with Gasteiger partial charge in [0.1, 0.15) is 0 Å². The normalized spacial score (nSPS) is 23.3. The third kappa shape index (κ3) is 3.10. The minimum atomic E-state index is -0.507. The Kier molecular flexibility index (Phi) is 4.19. The molecule has 2 fully saturated rings. The highest BCUT2D eigenvalue weighted by molar-refractivity contribution is 7.80. The first-order chi connectivity index (χ1) is 8.90. The van der Waals surface area contributed by atoms with E-state index in [0.717, 1.165) is 19.4 Å². The van der Waals surface area contributed by atoms with Gasteiger partial charge in [-0.05, 0) is 43.4 Å². The third-order valence-electron chi connectivity index (χ3n) is 4.79. The van der Waals surface area contributed by atoms with E-state index in [2.05, 4.69) is 19.2 Å². The first kappa shape index (κ1) is 14.8. The summed E-state index contributed by atoms with van der Waals surface area (Å²) >= 11 is 5.03. The highest BCUT2D eigenvalue weighted by atomic mass is 32.1. The van der Waals surface area contributed by atoms with E-state index in [1.807, 2.05) is 0 Å². The van der Waals surface area contributed by atoms with Gasteiger partial charge in [0.25, 0.3) is 0 Å². The van der Waals surface area contributed by atoms with Crippen molar-refractivity contribution in [2.75, 3.05) is 6.54 Å². The van der Waals surface area contributed by atoms with E-state index >= 15 is 0 Å². The lowest BCUT2D eigenvalue weighted by Gasteiger charge is -2.32. The number of amides is 1. The number of hydrogen-bond donors (Lipinski definition) is 2. The van der Waals surface area contributed by atoms with Gasteiger partial charge in [-0.15, -0.1) is 0 Å². The molecule has 0 aromatic heterocycles. The first-order valence-electron chi connectivity index (χ1n) is 7.48. The second kappa shape index (κ2) is 5.39. The van der Waals surface area contributed by atoms with Crippen molar-refractivity contribution in [1.29, 1.82) is 0 Å². The van der Waals surface area contributed by atoms with Crippen LogP contribution in [0.5, 0.6) is 0 Å². The largest absolute Gasteiger partial charge is 0.392 e. The predicted molar refractivity (Wildman–Crippen MR) is 81.8 cm³/mol. The molecule has 3 nitrogen and oxygen atoms in total. The molecule has 2 aliphatic rings. The molecule has 4 heteroatoms. The summed E-state index contributed by atoms with van der Waals surface area (Å²) < 4.78 is 0. The molecule has 0 atom stereocenters. The molecule has 2 saturated carbocycles. The summed E-state index contributed by atoms with van der Waals surface area (Å²) in [6.45, 7) is 5.33. The van der Waals surface area contributed by atoms with E-state index in [4.69, 9.17) is 18.0 Å². The Labute approximate surface area is 121 Å². The quantitative estimate of drug-likeness (QED) is 0.737. The van der Waals surface area contributed by atoms with Crippen molar-refractivity contribution < 1.29 is 4.79 Å². The summed E-state index contributed by atoms with van der Waals surface area (Å²) in [5.74, 6) is 0.746. The van der Waals surface area contributed by atoms with Crippen LogP contribution in [0.1, 0.15) is 58.8 Å². The molecule has 3 N–H and O–H groups in total. The fourth-order valence-corrected chi connectivity index (χ4v) is 3.89. The average Bonchev–Trinajstić information content (AvgIpc) is 3.03. The zero-order valence-corrected chi connectivity index (χ0v) is 12.9. The van der Waals surface area contributed by atoms with Gasteiger partial charge in [-0.3, -0.25) is 4.79 Å². The number of carbonyl (C=O) groups is 1. The van der Waals surface area contributed by atoms with E-state index in [0.29, 0.717) is 16.3 Å². The molecule has 19 heavy (non-hydrogen) atoms. The molecule has 0 saturated heterocycles. The number of thiocarbonyl (C=S) groups is 1. The van der Waals surface area contributed by atoms with Gasteiger partial charge in [0.05, 0.1) is 10.4 Å². The molecule has 2 aliphatic carbocycles. The Balaban J connectivity index is 1.93. The van der Waals surface area contributed by atoms with Gasteiger partial charge in [-0.25, -0.2) is 0 Å². The van der Waals surface area contributed by atoms with Crippen molar-refractivity contribution in [3.8, 4) is 0 Å².